The van der Waals surface area contributed by atoms with E-state index in [1.165, 1.54) is 0 Å². The van der Waals surface area contributed by atoms with Gasteiger partial charge < -0.3 is 4.74 Å². The van der Waals surface area contributed by atoms with Crippen molar-refractivity contribution in [2.75, 3.05) is 0 Å². The molecule has 4 heteroatoms. The Kier molecular flexibility index (Phi) is 3.42. The zero-order chi connectivity index (χ0) is 13.5. The summed E-state index contributed by atoms with van der Waals surface area (Å²) in [5.41, 5.74) is 0.275. The lowest BCUT2D eigenvalue weighted by Gasteiger charge is -2.13. The molecular formula is C15H14Cl2O2. The topological polar surface area (TPSA) is 29.6 Å². The molecule has 0 spiro atoms. The molecule has 2 aliphatic rings. The molecule has 100 valence electrons. The number of rotatable bonds is 3. The molecule has 0 unspecified atom stereocenters. The third-order valence-corrected chi connectivity index (χ3v) is 4.44. The first-order chi connectivity index (χ1) is 9.12. The molecule has 1 heterocycles. The second-order valence-corrected chi connectivity index (χ2v) is 5.95. The Morgan fingerprint density at radius 3 is 2.95 bits per heavy atom. The highest BCUT2D eigenvalue weighted by Gasteiger charge is 2.61. The maximum Gasteiger partial charge on any atom is 0.190 e. The fourth-order valence-corrected chi connectivity index (χ4v) is 3.20. The van der Waals surface area contributed by atoms with Gasteiger partial charge in [0.15, 0.2) is 11.4 Å². The molecule has 1 aliphatic heterocycles. The van der Waals surface area contributed by atoms with Gasteiger partial charge >= 0.3 is 0 Å². The van der Waals surface area contributed by atoms with E-state index in [2.05, 4.69) is 0 Å². The summed E-state index contributed by atoms with van der Waals surface area (Å²) in [5.74, 6) is 0.0585. The number of epoxide rings is 1. The van der Waals surface area contributed by atoms with E-state index in [-0.39, 0.29) is 11.9 Å². The van der Waals surface area contributed by atoms with Crippen molar-refractivity contribution in [3.63, 3.8) is 0 Å². The quantitative estimate of drug-likeness (QED) is 0.615. The minimum Gasteiger partial charge on any atom is -0.357 e. The molecule has 0 radical (unpaired) electrons. The highest BCUT2D eigenvalue weighted by molar-refractivity contribution is 6.35. The number of halogens is 2. The van der Waals surface area contributed by atoms with E-state index in [0.717, 1.165) is 31.2 Å². The Labute approximate surface area is 122 Å². The summed E-state index contributed by atoms with van der Waals surface area (Å²) in [6, 6.07) is 5.23. The van der Waals surface area contributed by atoms with Gasteiger partial charge in [-0.15, -0.1) is 0 Å². The summed E-state index contributed by atoms with van der Waals surface area (Å²) < 4.78 is 5.61. The van der Waals surface area contributed by atoms with Crippen molar-refractivity contribution in [1.82, 2.24) is 0 Å². The van der Waals surface area contributed by atoms with Crippen LogP contribution in [-0.4, -0.2) is 17.5 Å². The Hall–Kier alpha value is -0.830. The molecule has 2 fully saturated rings. The fourth-order valence-electron chi connectivity index (χ4n) is 2.73. The van der Waals surface area contributed by atoms with E-state index < -0.39 is 5.60 Å². The molecule has 1 aromatic rings. The monoisotopic (exact) mass is 296 g/mol. The van der Waals surface area contributed by atoms with Gasteiger partial charge in [-0.05, 0) is 49.1 Å². The van der Waals surface area contributed by atoms with Crippen LogP contribution >= 0.6 is 23.2 Å². The fraction of sp³-hybridized carbons (Fsp3) is 0.400. The van der Waals surface area contributed by atoms with E-state index in [1.807, 2.05) is 0 Å². The van der Waals surface area contributed by atoms with Crippen molar-refractivity contribution in [2.24, 2.45) is 0 Å². The van der Waals surface area contributed by atoms with Gasteiger partial charge in [-0.3, -0.25) is 4.79 Å². The lowest BCUT2D eigenvalue weighted by molar-refractivity contribution is -0.119. The third-order valence-electron chi connectivity index (χ3n) is 3.87. The van der Waals surface area contributed by atoms with Gasteiger partial charge in [-0.1, -0.05) is 35.7 Å². The molecule has 0 bridgehead atoms. The molecule has 1 aromatic carbocycles. The minimum absolute atomic E-state index is 0.0585. The first kappa shape index (κ1) is 13.2. The highest BCUT2D eigenvalue weighted by Crippen LogP contribution is 2.48. The van der Waals surface area contributed by atoms with Crippen LogP contribution in [0.15, 0.2) is 24.3 Å². The number of fused-ring (bicyclic) bond motifs is 1. The number of carbonyl (C=O) groups excluding carboxylic acids is 1. The molecule has 1 saturated heterocycles. The lowest BCUT2D eigenvalue weighted by atomic mass is 9.86. The van der Waals surface area contributed by atoms with E-state index >= 15 is 0 Å². The largest absolute Gasteiger partial charge is 0.357 e. The van der Waals surface area contributed by atoms with Crippen LogP contribution in [0.25, 0.3) is 6.08 Å². The second kappa shape index (κ2) is 4.93. The predicted molar refractivity (Wildman–Crippen MR) is 76.6 cm³/mol. The Balaban J connectivity index is 1.74. The smallest absolute Gasteiger partial charge is 0.190 e. The lowest BCUT2D eigenvalue weighted by Crippen LogP contribution is -2.28. The summed E-state index contributed by atoms with van der Waals surface area (Å²) in [6.45, 7) is 0. The van der Waals surface area contributed by atoms with Gasteiger partial charge in [0, 0.05) is 10.0 Å². The summed E-state index contributed by atoms with van der Waals surface area (Å²) in [5, 5.41) is 1.14. The Morgan fingerprint density at radius 1 is 1.37 bits per heavy atom. The van der Waals surface area contributed by atoms with E-state index in [9.17, 15) is 4.79 Å². The average Bonchev–Trinajstić information content (AvgIpc) is 3.13. The molecule has 3 rings (SSSR count). The number of hydrogen-bond donors (Lipinski definition) is 0. The van der Waals surface area contributed by atoms with Gasteiger partial charge in [-0.2, -0.15) is 0 Å². The van der Waals surface area contributed by atoms with Crippen molar-refractivity contribution < 1.29 is 9.53 Å². The first-order valence-electron chi connectivity index (χ1n) is 6.47. The van der Waals surface area contributed by atoms with Gasteiger partial charge in [-0.25, -0.2) is 0 Å². The van der Waals surface area contributed by atoms with Crippen LogP contribution in [0.5, 0.6) is 0 Å². The zero-order valence-corrected chi connectivity index (χ0v) is 11.9. The molecule has 1 saturated carbocycles. The highest BCUT2D eigenvalue weighted by atomic mass is 35.5. The van der Waals surface area contributed by atoms with Crippen molar-refractivity contribution in [3.05, 3.63) is 39.9 Å². The van der Waals surface area contributed by atoms with Crippen molar-refractivity contribution >= 4 is 35.1 Å². The summed E-state index contributed by atoms with van der Waals surface area (Å²) in [6.07, 6.45) is 7.53. The van der Waals surface area contributed by atoms with Crippen LogP contribution in [0.4, 0.5) is 0 Å². The third kappa shape index (κ3) is 2.45. The normalized spacial score (nSPS) is 29.3. The average molecular weight is 297 g/mol. The molecular weight excluding hydrogens is 283 g/mol. The van der Waals surface area contributed by atoms with Gasteiger partial charge in [0.25, 0.3) is 0 Å². The SMILES string of the molecule is O=C(/C=C/c1ccc(Cl)cc1Cl)[C@@]12CCCC[C@H]1O2. The number of benzene rings is 1. The van der Waals surface area contributed by atoms with Gasteiger partial charge in [0.2, 0.25) is 0 Å². The van der Waals surface area contributed by atoms with Crippen molar-refractivity contribution in [2.45, 2.75) is 37.4 Å². The van der Waals surface area contributed by atoms with E-state index in [0.29, 0.717) is 10.0 Å². The molecule has 0 aromatic heterocycles. The van der Waals surface area contributed by atoms with Crippen LogP contribution in [-0.2, 0) is 9.53 Å². The minimum atomic E-state index is -0.520. The molecule has 2 nitrogen and oxygen atoms in total. The molecule has 0 amide bonds. The predicted octanol–water partition coefficient (Wildman–Crippen LogP) is 4.29. The number of carbonyl (C=O) groups is 1. The molecule has 2 atom stereocenters. The van der Waals surface area contributed by atoms with Gasteiger partial charge in [0.05, 0.1) is 6.10 Å². The number of ketones is 1. The molecule has 0 N–H and O–H groups in total. The van der Waals surface area contributed by atoms with Crippen LogP contribution in [0.2, 0.25) is 10.0 Å². The standard InChI is InChI=1S/C15H14Cl2O2/c16-11-6-4-10(12(17)9-11)5-7-13(18)15-8-2-1-3-14(15)19-15/h4-7,9,14H,1-3,8H2/b7-5+/t14-,15+/m1/s1. The first-order valence-corrected chi connectivity index (χ1v) is 7.23. The summed E-state index contributed by atoms with van der Waals surface area (Å²) in [4.78, 5) is 12.2. The van der Waals surface area contributed by atoms with Crippen LogP contribution in [0.3, 0.4) is 0 Å². The van der Waals surface area contributed by atoms with Crippen molar-refractivity contribution in [1.29, 1.82) is 0 Å². The van der Waals surface area contributed by atoms with Crippen LogP contribution in [0.1, 0.15) is 31.2 Å². The molecule has 19 heavy (non-hydrogen) atoms. The summed E-state index contributed by atoms with van der Waals surface area (Å²) in [7, 11) is 0. The van der Waals surface area contributed by atoms with E-state index in [1.54, 1.807) is 30.4 Å². The molecule has 1 aliphatic carbocycles. The van der Waals surface area contributed by atoms with E-state index in [4.69, 9.17) is 27.9 Å². The zero-order valence-electron chi connectivity index (χ0n) is 10.4. The Morgan fingerprint density at radius 2 is 2.21 bits per heavy atom. The van der Waals surface area contributed by atoms with Crippen LogP contribution < -0.4 is 0 Å². The van der Waals surface area contributed by atoms with Crippen LogP contribution in [0, 0.1) is 0 Å². The number of hydrogen-bond acceptors (Lipinski definition) is 2. The summed E-state index contributed by atoms with van der Waals surface area (Å²) >= 11 is 11.9. The number of ether oxygens (including phenoxy) is 1. The van der Waals surface area contributed by atoms with Crippen molar-refractivity contribution in [3.8, 4) is 0 Å². The maximum absolute atomic E-state index is 12.2. The van der Waals surface area contributed by atoms with Gasteiger partial charge in [0.1, 0.15) is 0 Å². The Bertz CT molecular complexity index is 553. The second-order valence-electron chi connectivity index (χ2n) is 5.11. The maximum atomic E-state index is 12.2.